The number of aliphatic hydroxyl groups excluding tert-OH is 2. The van der Waals surface area contributed by atoms with Gasteiger partial charge < -0.3 is 21.3 Å². The number of halogens is 1. The second kappa shape index (κ2) is 10.2. The average Bonchev–Trinajstić information content (AvgIpc) is 2.72. The lowest BCUT2D eigenvalue weighted by Crippen LogP contribution is -2.46. The molecule has 0 amide bonds. The quantitative estimate of drug-likeness (QED) is 0.390. The summed E-state index contributed by atoms with van der Waals surface area (Å²) in [6, 6.07) is 9.21. The van der Waals surface area contributed by atoms with Crippen molar-refractivity contribution < 1.29 is 31.4 Å². The first-order valence-electron chi connectivity index (χ1n) is 9.35. The molecular formula is C20H27FN2O6S2. The van der Waals surface area contributed by atoms with Gasteiger partial charge in [0.25, 0.3) is 0 Å². The van der Waals surface area contributed by atoms with Gasteiger partial charge in [-0.05, 0) is 35.4 Å². The van der Waals surface area contributed by atoms with E-state index in [0.29, 0.717) is 11.1 Å². The molecule has 0 aliphatic rings. The van der Waals surface area contributed by atoms with Gasteiger partial charge in [0, 0.05) is 25.1 Å². The fraction of sp³-hybridized carbons (Fsp3) is 0.400. The van der Waals surface area contributed by atoms with Gasteiger partial charge in [0.1, 0.15) is 6.67 Å². The molecule has 0 heterocycles. The number of nitrogens with one attached hydrogen (secondary N) is 1. The van der Waals surface area contributed by atoms with Gasteiger partial charge in [-0.3, -0.25) is 0 Å². The van der Waals surface area contributed by atoms with Crippen LogP contribution in [0.3, 0.4) is 0 Å². The van der Waals surface area contributed by atoms with Gasteiger partial charge >= 0.3 is 0 Å². The van der Waals surface area contributed by atoms with E-state index in [9.17, 15) is 31.4 Å². The van der Waals surface area contributed by atoms with Crippen molar-refractivity contribution in [2.75, 3.05) is 25.7 Å². The molecule has 0 saturated heterocycles. The van der Waals surface area contributed by atoms with E-state index in [-0.39, 0.29) is 16.3 Å². The Hall–Kier alpha value is -1.89. The minimum atomic E-state index is -3.39. The normalized spacial score (nSPS) is 16.5. The first-order chi connectivity index (χ1) is 14.3. The van der Waals surface area contributed by atoms with Gasteiger partial charge in [-0.15, -0.1) is 0 Å². The predicted octanol–water partition coefficient (Wildman–Crippen LogP) is 0.516. The molecule has 0 radical (unpaired) electrons. The zero-order chi connectivity index (χ0) is 23.4. The molecule has 2 rings (SSSR count). The van der Waals surface area contributed by atoms with Crippen LogP contribution in [0.5, 0.6) is 0 Å². The van der Waals surface area contributed by atoms with Crippen LogP contribution in [0.15, 0.2) is 58.3 Å². The smallest absolute Gasteiger partial charge is 0.175 e. The van der Waals surface area contributed by atoms with E-state index in [2.05, 4.69) is 5.32 Å². The summed E-state index contributed by atoms with van der Waals surface area (Å²) in [5.41, 5.74) is 6.71. The summed E-state index contributed by atoms with van der Waals surface area (Å²) in [4.78, 5) is 0.192. The molecular weight excluding hydrogens is 447 g/mol. The molecule has 8 nitrogen and oxygen atoms in total. The minimum absolute atomic E-state index is 0.0396. The zero-order valence-electron chi connectivity index (χ0n) is 17.1. The third-order valence-electron chi connectivity index (χ3n) is 4.87. The lowest BCUT2D eigenvalue weighted by Gasteiger charge is -2.26. The van der Waals surface area contributed by atoms with E-state index in [0.717, 1.165) is 12.5 Å². The van der Waals surface area contributed by atoms with E-state index in [1.54, 1.807) is 0 Å². The van der Waals surface area contributed by atoms with Crippen molar-refractivity contribution in [1.29, 1.82) is 0 Å². The number of rotatable bonds is 10. The molecule has 172 valence electrons. The van der Waals surface area contributed by atoms with Crippen molar-refractivity contribution in [3.05, 3.63) is 59.7 Å². The third-order valence-corrected chi connectivity index (χ3v) is 7.13. The van der Waals surface area contributed by atoms with Crippen LogP contribution < -0.4 is 11.1 Å². The standard InChI is InChI=1S/C20H27FN2O6S2/c1-30(26,27)15-7-3-13(4-8-15)19(24)17(22)12-23-18(11-21)20(25)14-5-9-16(10-6-14)31(2,28)29/h3-10,17-20,23-25H,11-12,22H2,1-2H3. The molecule has 0 spiro atoms. The van der Waals surface area contributed by atoms with Gasteiger partial charge in [0.2, 0.25) is 0 Å². The minimum Gasteiger partial charge on any atom is -0.387 e. The van der Waals surface area contributed by atoms with E-state index >= 15 is 0 Å². The zero-order valence-corrected chi connectivity index (χ0v) is 18.8. The molecule has 31 heavy (non-hydrogen) atoms. The molecule has 0 fully saturated rings. The Labute approximate surface area is 181 Å². The van der Waals surface area contributed by atoms with Gasteiger partial charge in [-0.1, -0.05) is 24.3 Å². The van der Waals surface area contributed by atoms with Crippen molar-refractivity contribution >= 4 is 19.7 Å². The number of benzene rings is 2. The first-order valence-corrected chi connectivity index (χ1v) is 13.1. The van der Waals surface area contributed by atoms with Crippen LogP contribution in [0.25, 0.3) is 0 Å². The molecule has 5 N–H and O–H groups in total. The van der Waals surface area contributed by atoms with Crippen molar-refractivity contribution in [2.45, 2.75) is 34.1 Å². The number of alkyl halides is 1. The Kier molecular flexibility index (Phi) is 8.31. The summed E-state index contributed by atoms with van der Waals surface area (Å²) in [6.45, 7) is -0.969. The van der Waals surface area contributed by atoms with Crippen molar-refractivity contribution in [1.82, 2.24) is 5.32 Å². The monoisotopic (exact) mass is 474 g/mol. The molecule has 4 unspecified atom stereocenters. The number of nitrogens with two attached hydrogens (primary N) is 1. The summed E-state index contributed by atoms with van der Waals surface area (Å²) in [6.07, 6.45) is -0.277. The largest absolute Gasteiger partial charge is 0.387 e. The van der Waals surface area contributed by atoms with Crippen LogP contribution in [0, 0.1) is 0 Å². The first kappa shape index (κ1) is 25.4. The number of sulfone groups is 2. The van der Waals surface area contributed by atoms with E-state index in [1.807, 2.05) is 0 Å². The fourth-order valence-corrected chi connectivity index (χ4v) is 4.21. The topological polar surface area (TPSA) is 147 Å². The molecule has 0 aromatic heterocycles. The molecule has 2 aromatic carbocycles. The molecule has 2 aromatic rings. The van der Waals surface area contributed by atoms with Crippen LogP contribution >= 0.6 is 0 Å². The van der Waals surface area contributed by atoms with Crippen LogP contribution in [-0.4, -0.2) is 64.9 Å². The molecule has 11 heteroatoms. The maximum atomic E-state index is 13.5. The average molecular weight is 475 g/mol. The van der Waals surface area contributed by atoms with Crippen LogP contribution in [0.2, 0.25) is 0 Å². The SMILES string of the molecule is CS(=O)(=O)c1ccc(C(O)C(N)CNC(CF)C(O)c2ccc(S(C)(=O)=O)cc2)cc1. The third kappa shape index (κ3) is 6.79. The van der Waals surface area contributed by atoms with Crippen molar-refractivity contribution in [3.63, 3.8) is 0 Å². The predicted molar refractivity (Wildman–Crippen MR) is 115 cm³/mol. The second-order valence-corrected chi connectivity index (χ2v) is 11.4. The Morgan fingerprint density at radius 2 is 1.23 bits per heavy atom. The Balaban J connectivity index is 2.02. The molecule has 0 aliphatic heterocycles. The van der Waals surface area contributed by atoms with Gasteiger partial charge in [0.05, 0.1) is 28.0 Å². The van der Waals surface area contributed by atoms with Crippen LogP contribution in [-0.2, 0) is 19.7 Å². The van der Waals surface area contributed by atoms with Gasteiger partial charge in [0.15, 0.2) is 19.7 Å². The van der Waals surface area contributed by atoms with Crippen LogP contribution in [0.1, 0.15) is 23.3 Å². The van der Waals surface area contributed by atoms with Crippen molar-refractivity contribution in [3.8, 4) is 0 Å². The summed E-state index contributed by atoms with van der Waals surface area (Å²) in [5, 5.41) is 23.6. The van der Waals surface area contributed by atoms with E-state index in [4.69, 9.17) is 5.73 Å². The molecule has 0 bridgehead atoms. The van der Waals surface area contributed by atoms with Crippen molar-refractivity contribution in [2.24, 2.45) is 5.73 Å². The highest BCUT2D eigenvalue weighted by Gasteiger charge is 2.24. The number of aliphatic hydroxyl groups is 2. The van der Waals surface area contributed by atoms with Gasteiger partial charge in [-0.25, -0.2) is 21.2 Å². The Morgan fingerprint density at radius 1 is 0.839 bits per heavy atom. The lowest BCUT2D eigenvalue weighted by molar-refractivity contribution is 0.101. The molecule has 4 atom stereocenters. The van der Waals surface area contributed by atoms with Crippen LogP contribution in [0.4, 0.5) is 4.39 Å². The maximum Gasteiger partial charge on any atom is 0.175 e. The van der Waals surface area contributed by atoms with E-state index in [1.165, 1.54) is 48.5 Å². The summed E-state index contributed by atoms with van der Waals surface area (Å²) in [5.74, 6) is 0. The Bertz CT molecular complexity index is 1070. The summed E-state index contributed by atoms with van der Waals surface area (Å²) >= 11 is 0. The highest BCUT2D eigenvalue weighted by Crippen LogP contribution is 2.21. The molecule has 0 saturated carbocycles. The van der Waals surface area contributed by atoms with Gasteiger partial charge in [-0.2, -0.15) is 0 Å². The maximum absolute atomic E-state index is 13.5. The second-order valence-electron chi connectivity index (χ2n) is 7.40. The van der Waals surface area contributed by atoms with E-state index < -0.39 is 50.6 Å². The molecule has 0 aliphatic carbocycles. The highest BCUT2D eigenvalue weighted by atomic mass is 32.2. The number of hydrogen-bond donors (Lipinski definition) is 4. The fourth-order valence-electron chi connectivity index (χ4n) is 2.95. The summed E-state index contributed by atoms with van der Waals surface area (Å²) in [7, 11) is -6.75. The summed E-state index contributed by atoms with van der Waals surface area (Å²) < 4.78 is 59.6. The highest BCUT2D eigenvalue weighted by molar-refractivity contribution is 7.91. The lowest BCUT2D eigenvalue weighted by atomic mass is 10.0. The number of hydrogen-bond acceptors (Lipinski definition) is 8. The Morgan fingerprint density at radius 3 is 1.58 bits per heavy atom.